The van der Waals surface area contributed by atoms with Gasteiger partial charge in [-0.25, -0.2) is 18.7 Å². The number of nitrogens with zero attached hydrogens (tertiary/aromatic N) is 2. The lowest BCUT2D eigenvalue weighted by molar-refractivity contribution is 0.461. The van der Waals surface area contributed by atoms with E-state index >= 15 is 0 Å². The minimum atomic E-state index is -0.408. The van der Waals surface area contributed by atoms with E-state index in [1.807, 2.05) is 18.2 Å². The second-order valence-corrected chi connectivity index (χ2v) is 7.42. The molecule has 0 aliphatic heterocycles. The van der Waals surface area contributed by atoms with Crippen LogP contribution in [0.25, 0.3) is 11.3 Å². The van der Waals surface area contributed by atoms with E-state index in [2.05, 4.69) is 20.6 Å². The first-order valence-corrected chi connectivity index (χ1v) is 10.1. The highest BCUT2D eigenvalue weighted by atomic mass is 19.1. The van der Waals surface area contributed by atoms with Gasteiger partial charge in [0.15, 0.2) is 5.82 Å². The third-order valence-electron chi connectivity index (χ3n) is 5.20. The molecule has 2 heterocycles. The van der Waals surface area contributed by atoms with Crippen LogP contribution in [0.3, 0.4) is 0 Å². The van der Waals surface area contributed by atoms with Gasteiger partial charge in [0, 0.05) is 18.2 Å². The van der Waals surface area contributed by atoms with Gasteiger partial charge in [0.1, 0.15) is 17.5 Å². The summed E-state index contributed by atoms with van der Waals surface area (Å²) in [5.74, 6) is 0.592. The van der Waals surface area contributed by atoms with Crippen LogP contribution in [-0.2, 0) is 6.54 Å². The molecular weight excluding hydrogens is 370 g/mol. The first-order valence-electron chi connectivity index (χ1n) is 10.1. The molecule has 2 aromatic heterocycles. The molecular formula is C23H24F2N4. The molecule has 0 bridgehead atoms. The van der Waals surface area contributed by atoms with Crippen molar-refractivity contribution in [2.24, 2.45) is 0 Å². The van der Waals surface area contributed by atoms with Crippen molar-refractivity contribution in [1.29, 1.82) is 0 Å². The topological polar surface area (TPSA) is 49.8 Å². The second kappa shape index (κ2) is 8.99. The summed E-state index contributed by atoms with van der Waals surface area (Å²) in [6.07, 6.45) is 7.19. The van der Waals surface area contributed by atoms with E-state index in [0.29, 0.717) is 35.5 Å². The highest BCUT2D eigenvalue weighted by Gasteiger charge is 2.15. The molecule has 4 rings (SSSR count). The summed E-state index contributed by atoms with van der Waals surface area (Å²) in [5.41, 5.74) is 1.75. The zero-order chi connectivity index (χ0) is 20.1. The van der Waals surface area contributed by atoms with Gasteiger partial charge in [-0.15, -0.1) is 0 Å². The van der Waals surface area contributed by atoms with Crippen LogP contribution in [0.4, 0.5) is 20.4 Å². The zero-order valence-corrected chi connectivity index (χ0v) is 16.2. The second-order valence-electron chi connectivity index (χ2n) is 7.42. The van der Waals surface area contributed by atoms with Gasteiger partial charge in [-0.2, -0.15) is 0 Å². The zero-order valence-electron chi connectivity index (χ0n) is 16.2. The van der Waals surface area contributed by atoms with Gasteiger partial charge < -0.3 is 10.6 Å². The van der Waals surface area contributed by atoms with Crippen LogP contribution in [-0.4, -0.2) is 16.0 Å². The molecule has 1 aromatic carbocycles. The van der Waals surface area contributed by atoms with Crippen LogP contribution in [0.1, 0.15) is 37.7 Å². The highest BCUT2D eigenvalue weighted by molar-refractivity contribution is 5.65. The largest absolute Gasteiger partial charge is 0.367 e. The van der Waals surface area contributed by atoms with Gasteiger partial charge in [-0.3, -0.25) is 0 Å². The number of nitrogens with one attached hydrogen (secondary N) is 2. The predicted octanol–water partition coefficient (Wildman–Crippen LogP) is 5.78. The van der Waals surface area contributed by atoms with Crippen molar-refractivity contribution in [1.82, 2.24) is 9.97 Å². The summed E-state index contributed by atoms with van der Waals surface area (Å²) < 4.78 is 27.8. The molecule has 0 saturated heterocycles. The van der Waals surface area contributed by atoms with Gasteiger partial charge in [0.05, 0.1) is 11.9 Å². The first kappa shape index (κ1) is 19.3. The molecule has 0 unspecified atom stereocenters. The van der Waals surface area contributed by atoms with Gasteiger partial charge in [-0.1, -0.05) is 37.5 Å². The highest BCUT2D eigenvalue weighted by Crippen LogP contribution is 2.26. The Labute approximate surface area is 169 Å². The van der Waals surface area contributed by atoms with E-state index in [4.69, 9.17) is 0 Å². The fourth-order valence-corrected chi connectivity index (χ4v) is 3.69. The van der Waals surface area contributed by atoms with Gasteiger partial charge in [-0.05, 0) is 48.7 Å². The molecule has 0 amide bonds. The van der Waals surface area contributed by atoms with Crippen LogP contribution in [0.2, 0.25) is 0 Å². The Kier molecular flexibility index (Phi) is 5.98. The standard InChI is InChI=1S/C23H24F2N4/c24-17-7-4-6-16(12-17)14-26-22-11-5-10-21(29-22)19-13-23(27-15-20(19)25)28-18-8-2-1-3-9-18/h4-7,10-13,15,18H,1-3,8-9,14H2,(H,26,29)(H,27,28). The Hall–Kier alpha value is -3.02. The smallest absolute Gasteiger partial charge is 0.151 e. The Balaban J connectivity index is 1.50. The first-order chi connectivity index (χ1) is 14.2. The number of pyridine rings is 2. The van der Waals surface area contributed by atoms with Crippen LogP contribution >= 0.6 is 0 Å². The molecule has 2 N–H and O–H groups in total. The van der Waals surface area contributed by atoms with Crippen LogP contribution < -0.4 is 10.6 Å². The molecule has 1 aliphatic rings. The minimum Gasteiger partial charge on any atom is -0.367 e. The van der Waals surface area contributed by atoms with Gasteiger partial charge in [0.2, 0.25) is 0 Å². The molecule has 6 heteroatoms. The maximum Gasteiger partial charge on any atom is 0.151 e. The van der Waals surface area contributed by atoms with E-state index in [1.54, 1.807) is 18.2 Å². The molecule has 3 aromatic rings. The van der Waals surface area contributed by atoms with Gasteiger partial charge in [0.25, 0.3) is 0 Å². The van der Waals surface area contributed by atoms with Gasteiger partial charge >= 0.3 is 0 Å². The van der Waals surface area contributed by atoms with E-state index in [9.17, 15) is 8.78 Å². The fourth-order valence-electron chi connectivity index (χ4n) is 3.69. The average molecular weight is 394 g/mol. The summed E-state index contributed by atoms with van der Waals surface area (Å²) in [6.45, 7) is 0.432. The molecule has 1 saturated carbocycles. The summed E-state index contributed by atoms with van der Waals surface area (Å²) in [4.78, 5) is 8.73. The van der Waals surface area contributed by atoms with E-state index in [1.165, 1.54) is 37.6 Å². The van der Waals surface area contributed by atoms with E-state index in [0.717, 1.165) is 18.4 Å². The number of rotatable bonds is 6. The maximum absolute atomic E-state index is 14.5. The lowest BCUT2D eigenvalue weighted by Gasteiger charge is -2.23. The Morgan fingerprint density at radius 3 is 2.59 bits per heavy atom. The molecule has 4 nitrogen and oxygen atoms in total. The molecule has 1 fully saturated rings. The normalized spacial score (nSPS) is 14.6. The van der Waals surface area contributed by atoms with Crippen LogP contribution in [0.5, 0.6) is 0 Å². The van der Waals surface area contributed by atoms with Crippen molar-refractivity contribution in [3.63, 3.8) is 0 Å². The Morgan fingerprint density at radius 1 is 0.931 bits per heavy atom. The molecule has 1 aliphatic carbocycles. The number of benzene rings is 1. The monoisotopic (exact) mass is 394 g/mol. The van der Waals surface area contributed by atoms with Crippen LogP contribution in [0.15, 0.2) is 54.7 Å². The quantitative estimate of drug-likeness (QED) is 0.557. The Morgan fingerprint density at radius 2 is 1.76 bits per heavy atom. The molecule has 0 atom stereocenters. The van der Waals surface area contributed by atoms with Crippen molar-refractivity contribution < 1.29 is 8.78 Å². The fraction of sp³-hybridized carbons (Fsp3) is 0.304. The third kappa shape index (κ3) is 5.08. The predicted molar refractivity (Wildman–Crippen MR) is 112 cm³/mol. The lowest BCUT2D eigenvalue weighted by atomic mass is 9.95. The number of hydrogen-bond acceptors (Lipinski definition) is 4. The van der Waals surface area contributed by atoms with Crippen molar-refractivity contribution in [2.45, 2.75) is 44.7 Å². The lowest BCUT2D eigenvalue weighted by Crippen LogP contribution is -2.22. The summed E-state index contributed by atoms with van der Waals surface area (Å²) in [7, 11) is 0. The average Bonchev–Trinajstić information content (AvgIpc) is 2.75. The minimum absolute atomic E-state index is 0.275. The molecule has 0 spiro atoms. The maximum atomic E-state index is 14.5. The summed E-state index contributed by atoms with van der Waals surface area (Å²) in [5, 5.41) is 6.59. The van der Waals surface area contributed by atoms with Crippen molar-refractivity contribution in [3.8, 4) is 11.3 Å². The summed E-state index contributed by atoms with van der Waals surface area (Å²) >= 11 is 0. The number of halogens is 2. The molecule has 0 radical (unpaired) electrons. The number of aromatic nitrogens is 2. The summed E-state index contributed by atoms with van der Waals surface area (Å²) in [6, 6.07) is 13.9. The van der Waals surface area contributed by atoms with E-state index < -0.39 is 5.82 Å². The number of hydrogen-bond donors (Lipinski definition) is 2. The third-order valence-corrected chi connectivity index (χ3v) is 5.20. The Bertz CT molecular complexity index is 971. The van der Waals surface area contributed by atoms with Crippen molar-refractivity contribution in [2.75, 3.05) is 10.6 Å². The molecule has 150 valence electrons. The number of anilines is 2. The SMILES string of the molecule is Fc1cccc(CNc2cccc(-c3cc(NC4CCCCC4)ncc3F)n2)c1. The van der Waals surface area contributed by atoms with Crippen molar-refractivity contribution in [3.05, 3.63) is 71.9 Å². The molecule has 29 heavy (non-hydrogen) atoms. The van der Waals surface area contributed by atoms with E-state index in [-0.39, 0.29) is 5.82 Å². The van der Waals surface area contributed by atoms with Crippen molar-refractivity contribution >= 4 is 11.6 Å². The van der Waals surface area contributed by atoms with Crippen LogP contribution in [0, 0.1) is 11.6 Å².